The minimum atomic E-state index is -0.654. The Bertz CT molecular complexity index is 530. The molecule has 0 saturated carbocycles. The first kappa shape index (κ1) is 18.7. The van der Waals surface area contributed by atoms with Crippen molar-refractivity contribution in [2.24, 2.45) is 4.99 Å². The van der Waals surface area contributed by atoms with E-state index in [1.807, 2.05) is 0 Å². The van der Waals surface area contributed by atoms with Gasteiger partial charge in [-0.15, -0.1) is 0 Å². The Balaban J connectivity index is 2.68. The third-order valence-corrected chi connectivity index (χ3v) is 2.73. The van der Waals surface area contributed by atoms with Gasteiger partial charge in [-0.3, -0.25) is 20.4 Å². The molecule has 128 valence electrons. The Morgan fingerprint density at radius 3 is 2.57 bits per heavy atom. The molecule has 0 aliphatic carbocycles. The van der Waals surface area contributed by atoms with Gasteiger partial charge in [0, 0.05) is 12.7 Å². The number of alkyl carbamates (subject to hydrolysis) is 1. The van der Waals surface area contributed by atoms with Crippen LogP contribution in [0, 0.1) is 0 Å². The quantitative estimate of drug-likeness (QED) is 0.442. The number of nitrogens with one attached hydrogen (secondary N) is 3. The second-order valence-corrected chi connectivity index (χ2v) is 6.10. The lowest BCUT2D eigenvalue weighted by Gasteiger charge is -2.20. The highest BCUT2D eigenvalue weighted by Crippen LogP contribution is 2.06. The predicted octanol–water partition coefficient (Wildman–Crippen LogP) is 2.82. The molecule has 3 N–H and O–H groups in total. The average Bonchev–Trinajstić information content (AvgIpc) is 2.95. The van der Waals surface area contributed by atoms with Crippen molar-refractivity contribution in [2.75, 3.05) is 6.54 Å². The van der Waals surface area contributed by atoms with Crippen LogP contribution in [0.1, 0.15) is 57.4 Å². The van der Waals surface area contributed by atoms with Crippen molar-refractivity contribution in [3.8, 4) is 0 Å². The highest BCUT2D eigenvalue weighted by atomic mass is 16.6. The summed E-state index contributed by atoms with van der Waals surface area (Å²) in [5.41, 5.74) is -0.238. The van der Waals surface area contributed by atoms with Crippen molar-refractivity contribution in [2.45, 2.75) is 52.6 Å². The van der Waals surface area contributed by atoms with E-state index in [0.717, 1.165) is 19.3 Å². The Hall–Kier alpha value is -2.31. The number of carbonyl (C=O) groups is 2. The average molecular weight is 322 g/mol. The molecule has 1 aromatic heterocycles. The van der Waals surface area contributed by atoms with E-state index in [0.29, 0.717) is 12.2 Å². The van der Waals surface area contributed by atoms with E-state index in [1.165, 1.54) is 0 Å². The number of rotatable bonds is 5. The highest BCUT2D eigenvalue weighted by molar-refractivity contribution is 6.08. The number of nitrogens with zero attached hydrogens (tertiary/aromatic N) is 1. The summed E-state index contributed by atoms with van der Waals surface area (Å²) >= 11 is 0. The van der Waals surface area contributed by atoms with Crippen LogP contribution in [0.2, 0.25) is 0 Å². The summed E-state index contributed by atoms with van der Waals surface area (Å²) in [7, 11) is 0. The number of amides is 2. The lowest BCUT2D eigenvalue weighted by molar-refractivity contribution is 0.0561. The molecule has 0 unspecified atom stereocenters. The number of hydrogen-bond acceptors (Lipinski definition) is 4. The van der Waals surface area contributed by atoms with Gasteiger partial charge in [0.2, 0.25) is 5.96 Å². The lowest BCUT2D eigenvalue weighted by Crippen LogP contribution is -2.46. The number of aromatic nitrogens is 1. The van der Waals surface area contributed by atoms with E-state index in [4.69, 9.17) is 4.74 Å². The van der Waals surface area contributed by atoms with E-state index >= 15 is 0 Å². The number of guanidine groups is 1. The van der Waals surface area contributed by atoms with Crippen molar-refractivity contribution in [3.63, 3.8) is 0 Å². The van der Waals surface area contributed by atoms with Gasteiger partial charge >= 0.3 is 6.09 Å². The molecule has 1 aromatic rings. The van der Waals surface area contributed by atoms with E-state index in [9.17, 15) is 9.59 Å². The van der Waals surface area contributed by atoms with Crippen LogP contribution in [-0.4, -0.2) is 35.1 Å². The molecule has 23 heavy (non-hydrogen) atoms. The fourth-order valence-corrected chi connectivity index (χ4v) is 1.71. The number of aromatic amines is 1. The monoisotopic (exact) mass is 322 g/mol. The fourth-order valence-electron chi connectivity index (χ4n) is 1.71. The molecule has 7 nitrogen and oxygen atoms in total. The molecule has 7 heteroatoms. The first-order valence-electron chi connectivity index (χ1n) is 7.81. The van der Waals surface area contributed by atoms with Gasteiger partial charge in [0.05, 0.1) is 0 Å². The van der Waals surface area contributed by atoms with Crippen molar-refractivity contribution in [3.05, 3.63) is 24.0 Å². The van der Waals surface area contributed by atoms with Gasteiger partial charge in [-0.2, -0.15) is 0 Å². The SMILES string of the molecule is CCCCCN=C(NC(=O)OC(C)(C)C)NC(=O)c1ccc[nH]1. The Kier molecular flexibility index (Phi) is 7.31. The van der Waals surface area contributed by atoms with Crippen LogP contribution in [-0.2, 0) is 4.74 Å². The summed E-state index contributed by atoms with van der Waals surface area (Å²) in [4.78, 5) is 30.9. The van der Waals surface area contributed by atoms with Crippen LogP contribution < -0.4 is 10.6 Å². The topological polar surface area (TPSA) is 95.6 Å². The molecule has 0 saturated heterocycles. The normalized spacial score (nSPS) is 11.9. The van der Waals surface area contributed by atoms with Crippen molar-refractivity contribution in [1.82, 2.24) is 15.6 Å². The molecule has 0 fully saturated rings. The fraction of sp³-hybridized carbons (Fsp3) is 0.562. The molecule has 2 amide bonds. The van der Waals surface area contributed by atoms with Crippen molar-refractivity contribution < 1.29 is 14.3 Å². The van der Waals surface area contributed by atoms with Crippen LogP contribution in [0.5, 0.6) is 0 Å². The van der Waals surface area contributed by atoms with Crippen LogP contribution in [0.4, 0.5) is 4.79 Å². The summed E-state index contributed by atoms with van der Waals surface area (Å²) < 4.78 is 5.18. The van der Waals surface area contributed by atoms with Crippen LogP contribution >= 0.6 is 0 Å². The smallest absolute Gasteiger partial charge is 0.414 e. The zero-order valence-electron chi connectivity index (χ0n) is 14.2. The molecule has 0 bridgehead atoms. The Morgan fingerprint density at radius 1 is 1.26 bits per heavy atom. The standard InChI is InChI=1S/C16H26N4O3/c1-5-6-7-10-18-14(20-15(22)23-16(2,3)4)19-13(21)12-9-8-11-17-12/h8-9,11,17H,5-7,10H2,1-4H3,(H2,18,19,20,21,22). The molecule has 0 aliphatic rings. The summed E-state index contributed by atoms with van der Waals surface area (Å²) in [5.74, 6) is -0.282. The molecule has 1 rings (SSSR count). The zero-order valence-corrected chi connectivity index (χ0v) is 14.2. The van der Waals surface area contributed by atoms with Gasteiger partial charge in [0.1, 0.15) is 11.3 Å². The maximum Gasteiger partial charge on any atom is 0.414 e. The van der Waals surface area contributed by atoms with E-state index in [1.54, 1.807) is 39.1 Å². The van der Waals surface area contributed by atoms with E-state index in [-0.39, 0.29) is 11.9 Å². The lowest BCUT2D eigenvalue weighted by atomic mass is 10.2. The van der Waals surface area contributed by atoms with E-state index < -0.39 is 11.7 Å². The molecule has 0 aromatic carbocycles. The summed E-state index contributed by atoms with van der Waals surface area (Å²) in [6.07, 6.45) is 3.98. The van der Waals surface area contributed by atoms with Gasteiger partial charge in [0.15, 0.2) is 0 Å². The molecule has 0 atom stereocenters. The van der Waals surface area contributed by atoms with Crippen LogP contribution in [0.15, 0.2) is 23.3 Å². The van der Waals surface area contributed by atoms with Gasteiger partial charge in [0.25, 0.3) is 5.91 Å². The minimum Gasteiger partial charge on any atom is -0.444 e. The molecule has 0 radical (unpaired) electrons. The molecule has 0 spiro atoms. The van der Waals surface area contributed by atoms with Crippen LogP contribution in [0.3, 0.4) is 0 Å². The Morgan fingerprint density at radius 2 is 2.00 bits per heavy atom. The Labute approximate surface area is 136 Å². The maximum absolute atomic E-state index is 12.1. The van der Waals surface area contributed by atoms with Gasteiger partial charge in [-0.25, -0.2) is 4.79 Å². The first-order chi connectivity index (χ1) is 10.8. The molecule has 0 aliphatic heterocycles. The summed E-state index contributed by atoms with van der Waals surface area (Å²) in [6, 6.07) is 3.35. The number of aliphatic imine (C=N–C) groups is 1. The van der Waals surface area contributed by atoms with Crippen molar-refractivity contribution >= 4 is 18.0 Å². The second-order valence-electron chi connectivity index (χ2n) is 6.10. The molecular formula is C16H26N4O3. The molecular weight excluding hydrogens is 296 g/mol. The van der Waals surface area contributed by atoms with Crippen molar-refractivity contribution in [1.29, 1.82) is 0 Å². The summed E-state index contributed by atoms with van der Waals surface area (Å²) in [6.45, 7) is 7.91. The number of hydrogen-bond donors (Lipinski definition) is 3. The number of carbonyl (C=O) groups excluding carboxylic acids is 2. The van der Waals surface area contributed by atoms with Crippen LogP contribution in [0.25, 0.3) is 0 Å². The highest BCUT2D eigenvalue weighted by Gasteiger charge is 2.18. The third-order valence-electron chi connectivity index (χ3n) is 2.73. The first-order valence-corrected chi connectivity index (χ1v) is 7.81. The minimum absolute atomic E-state index is 0.0925. The van der Waals surface area contributed by atoms with Gasteiger partial charge in [-0.1, -0.05) is 19.8 Å². The van der Waals surface area contributed by atoms with Gasteiger partial charge < -0.3 is 9.72 Å². The predicted molar refractivity (Wildman–Crippen MR) is 89.5 cm³/mol. The second kappa shape index (κ2) is 8.97. The van der Waals surface area contributed by atoms with Gasteiger partial charge in [-0.05, 0) is 39.3 Å². The third kappa shape index (κ3) is 8.04. The summed E-state index contributed by atoms with van der Waals surface area (Å²) in [5, 5.41) is 5.07. The number of ether oxygens (including phenoxy) is 1. The zero-order chi connectivity index (χ0) is 17.3. The number of unbranched alkanes of at least 4 members (excludes halogenated alkanes) is 2. The van der Waals surface area contributed by atoms with E-state index in [2.05, 4.69) is 27.5 Å². The number of H-pyrrole nitrogens is 1. The largest absolute Gasteiger partial charge is 0.444 e. The molecule has 1 heterocycles. The maximum atomic E-state index is 12.1.